The van der Waals surface area contributed by atoms with Gasteiger partial charge in [0.15, 0.2) is 0 Å². The zero-order valence-electron chi connectivity index (χ0n) is 7.20. The van der Waals surface area contributed by atoms with Gasteiger partial charge >= 0.3 is 5.97 Å². The summed E-state index contributed by atoms with van der Waals surface area (Å²) in [5, 5.41) is 0. The summed E-state index contributed by atoms with van der Waals surface area (Å²) < 4.78 is 4.80. The molecule has 0 rings (SSSR count). The second-order valence-corrected chi connectivity index (χ2v) is 3.37. The van der Waals surface area contributed by atoms with Crippen LogP contribution in [0.3, 0.4) is 0 Å². The number of carbonyl (C=O) groups excluding carboxylic acids is 1. The van der Waals surface area contributed by atoms with E-state index in [9.17, 15) is 4.79 Å². The summed E-state index contributed by atoms with van der Waals surface area (Å²) >= 11 is 3.93. The topological polar surface area (TPSA) is 29.5 Å². The zero-order chi connectivity index (χ0) is 8.85. The molecule has 0 saturated heterocycles. The lowest BCUT2D eigenvalue weighted by molar-refractivity contribution is -0.144. The van der Waals surface area contributed by atoms with Crippen LogP contribution in [-0.4, -0.2) is 36.9 Å². The molecule has 0 spiro atoms. The van der Waals surface area contributed by atoms with E-state index in [4.69, 9.17) is 4.74 Å². The van der Waals surface area contributed by atoms with Crippen LogP contribution in [0.2, 0.25) is 0 Å². The lowest BCUT2D eigenvalue weighted by atomic mass is 10.4. The molecular formula is C7H15NO2S. The molecule has 1 atom stereocenters. The zero-order valence-corrected chi connectivity index (χ0v) is 8.10. The summed E-state index contributed by atoms with van der Waals surface area (Å²) in [6.07, 6.45) is 0.428. The summed E-state index contributed by atoms with van der Waals surface area (Å²) in [5.74, 6) is -0.193. The molecule has 0 N–H and O–H groups in total. The molecule has 0 aliphatic heterocycles. The third-order valence-electron chi connectivity index (χ3n) is 1.07. The molecule has 0 aromatic rings. The monoisotopic (exact) mass is 177 g/mol. The molecule has 0 fully saturated rings. The van der Waals surface area contributed by atoms with Crippen molar-refractivity contribution in [1.82, 2.24) is 4.90 Å². The first kappa shape index (κ1) is 10.8. The molecule has 1 unspecified atom stereocenters. The van der Waals surface area contributed by atoms with E-state index in [1.807, 2.05) is 19.0 Å². The predicted octanol–water partition coefficient (Wildman–Crippen LogP) is 0.757. The number of carbonyl (C=O) groups is 1. The minimum Gasteiger partial charge on any atom is -0.452 e. The average Bonchev–Trinajstić information content (AvgIpc) is 1.82. The average molecular weight is 177 g/mol. The molecule has 0 aromatic heterocycles. The first-order valence-electron chi connectivity index (χ1n) is 3.54. The molecule has 4 heteroatoms. The third-order valence-corrected chi connectivity index (χ3v) is 1.17. The van der Waals surface area contributed by atoms with E-state index in [1.165, 1.54) is 0 Å². The number of nitrogens with zero attached hydrogens (tertiary/aromatic N) is 1. The van der Waals surface area contributed by atoms with Crippen molar-refractivity contribution in [3.63, 3.8) is 0 Å². The Kier molecular flexibility index (Phi) is 5.32. The normalized spacial score (nSPS) is 13.2. The molecule has 0 aromatic carbocycles. The summed E-state index contributed by atoms with van der Waals surface area (Å²) in [6.45, 7) is 2.44. The van der Waals surface area contributed by atoms with Crippen LogP contribution in [0.25, 0.3) is 0 Å². The summed E-state index contributed by atoms with van der Waals surface area (Å²) in [5.41, 5.74) is -0.301. The van der Waals surface area contributed by atoms with Crippen molar-refractivity contribution in [1.29, 1.82) is 0 Å². The lowest BCUT2D eigenvalue weighted by Crippen LogP contribution is -2.19. The third kappa shape index (κ3) is 7.68. The minimum atomic E-state index is -0.301. The Bertz CT molecular complexity index is 126. The Morgan fingerprint density at radius 2 is 2.18 bits per heavy atom. The van der Waals surface area contributed by atoms with E-state index < -0.39 is 0 Å². The Balaban J connectivity index is 3.38. The molecule has 0 aliphatic carbocycles. The SMILES string of the molecule is CC(S)OC(=O)CCN(C)C. The van der Waals surface area contributed by atoms with Crippen LogP contribution in [0.4, 0.5) is 0 Å². The van der Waals surface area contributed by atoms with Gasteiger partial charge in [0.1, 0.15) is 5.44 Å². The van der Waals surface area contributed by atoms with Crippen LogP contribution in [0.15, 0.2) is 0 Å². The van der Waals surface area contributed by atoms with Gasteiger partial charge in [-0.25, -0.2) is 0 Å². The van der Waals surface area contributed by atoms with Gasteiger partial charge in [0.25, 0.3) is 0 Å². The molecule has 0 amide bonds. The number of thiol groups is 1. The Labute approximate surface area is 73.1 Å². The number of ether oxygens (including phenoxy) is 1. The summed E-state index contributed by atoms with van der Waals surface area (Å²) in [7, 11) is 3.83. The second kappa shape index (κ2) is 5.43. The highest BCUT2D eigenvalue weighted by Gasteiger charge is 2.05. The highest BCUT2D eigenvalue weighted by atomic mass is 32.1. The number of esters is 1. The van der Waals surface area contributed by atoms with Gasteiger partial charge in [-0.05, 0) is 21.0 Å². The van der Waals surface area contributed by atoms with Crippen LogP contribution >= 0.6 is 12.6 Å². The molecular weight excluding hydrogens is 162 g/mol. The Morgan fingerprint density at radius 3 is 2.55 bits per heavy atom. The molecule has 0 heterocycles. The predicted molar refractivity (Wildman–Crippen MR) is 47.7 cm³/mol. The first-order valence-corrected chi connectivity index (χ1v) is 4.06. The van der Waals surface area contributed by atoms with Gasteiger partial charge in [-0.2, -0.15) is 0 Å². The van der Waals surface area contributed by atoms with E-state index in [0.29, 0.717) is 6.42 Å². The van der Waals surface area contributed by atoms with Crippen molar-refractivity contribution in [2.24, 2.45) is 0 Å². The van der Waals surface area contributed by atoms with Gasteiger partial charge in [-0.15, -0.1) is 12.6 Å². The fraction of sp³-hybridized carbons (Fsp3) is 0.857. The van der Waals surface area contributed by atoms with Crippen molar-refractivity contribution < 1.29 is 9.53 Å². The lowest BCUT2D eigenvalue weighted by Gasteiger charge is -2.10. The molecule has 0 aliphatic rings. The highest BCUT2D eigenvalue weighted by Crippen LogP contribution is 1.97. The van der Waals surface area contributed by atoms with Gasteiger partial charge in [0.2, 0.25) is 0 Å². The molecule has 0 bridgehead atoms. The number of rotatable bonds is 4. The molecule has 0 radical (unpaired) electrons. The first-order chi connectivity index (χ1) is 5.02. The number of hydrogen-bond donors (Lipinski definition) is 1. The van der Waals surface area contributed by atoms with Crippen molar-refractivity contribution in [2.45, 2.75) is 18.8 Å². The molecule has 0 saturated carbocycles. The maximum Gasteiger partial charge on any atom is 0.308 e. The van der Waals surface area contributed by atoms with Gasteiger partial charge < -0.3 is 9.64 Å². The van der Waals surface area contributed by atoms with E-state index in [0.717, 1.165) is 6.54 Å². The summed E-state index contributed by atoms with van der Waals surface area (Å²) in [4.78, 5) is 12.8. The van der Waals surface area contributed by atoms with Gasteiger partial charge in [0.05, 0.1) is 6.42 Å². The molecule has 11 heavy (non-hydrogen) atoms. The van der Waals surface area contributed by atoms with Crippen molar-refractivity contribution in [2.75, 3.05) is 20.6 Å². The fourth-order valence-corrected chi connectivity index (χ4v) is 0.682. The smallest absolute Gasteiger partial charge is 0.308 e. The maximum absolute atomic E-state index is 10.9. The Morgan fingerprint density at radius 1 is 1.64 bits per heavy atom. The standard InChI is InChI=1S/C7H15NO2S/c1-6(11)10-7(9)4-5-8(2)3/h6,11H,4-5H2,1-3H3. The van der Waals surface area contributed by atoms with E-state index in [2.05, 4.69) is 12.6 Å². The van der Waals surface area contributed by atoms with Crippen molar-refractivity contribution in [3.8, 4) is 0 Å². The van der Waals surface area contributed by atoms with Crippen LogP contribution in [-0.2, 0) is 9.53 Å². The number of hydrogen-bond acceptors (Lipinski definition) is 4. The van der Waals surface area contributed by atoms with Crippen molar-refractivity contribution in [3.05, 3.63) is 0 Å². The maximum atomic E-state index is 10.9. The Hall–Kier alpha value is -0.220. The molecule has 66 valence electrons. The van der Waals surface area contributed by atoms with Gasteiger partial charge in [-0.1, -0.05) is 0 Å². The quantitative estimate of drug-likeness (QED) is 0.390. The van der Waals surface area contributed by atoms with E-state index in [1.54, 1.807) is 6.92 Å². The van der Waals surface area contributed by atoms with E-state index >= 15 is 0 Å². The van der Waals surface area contributed by atoms with Gasteiger partial charge in [-0.3, -0.25) is 4.79 Å². The summed E-state index contributed by atoms with van der Waals surface area (Å²) in [6, 6.07) is 0. The second-order valence-electron chi connectivity index (χ2n) is 2.64. The van der Waals surface area contributed by atoms with Crippen LogP contribution < -0.4 is 0 Å². The van der Waals surface area contributed by atoms with Crippen LogP contribution in [0.5, 0.6) is 0 Å². The minimum absolute atomic E-state index is 0.193. The van der Waals surface area contributed by atoms with Gasteiger partial charge in [0, 0.05) is 6.54 Å². The van der Waals surface area contributed by atoms with Crippen LogP contribution in [0.1, 0.15) is 13.3 Å². The van der Waals surface area contributed by atoms with E-state index in [-0.39, 0.29) is 11.4 Å². The highest BCUT2D eigenvalue weighted by molar-refractivity contribution is 7.80. The van der Waals surface area contributed by atoms with Crippen molar-refractivity contribution >= 4 is 18.6 Å². The largest absolute Gasteiger partial charge is 0.452 e. The fourth-order valence-electron chi connectivity index (χ4n) is 0.564. The van der Waals surface area contributed by atoms with Crippen LogP contribution in [0, 0.1) is 0 Å². The molecule has 3 nitrogen and oxygen atoms in total.